The average molecular weight is 298 g/mol. The first-order chi connectivity index (χ1) is 10.8. The molecule has 116 valence electrons. The molecule has 3 atom stereocenters. The van der Waals surface area contributed by atoms with Crippen LogP contribution in [-0.4, -0.2) is 32.2 Å². The van der Waals surface area contributed by atoms with E-state index >= 15 is 0 Å². The summed E-state index contributed by atoms with van der Waals surface area (Å²) in [4.78, 5) is 14.7. The summed E-state index contributed by atoms with van der Waals surface area (Å²) in [6, 6.07) is 8.18. The van der Waals surface area contributed by atoms with Crippen molar-refractivity contribution < 1.29 is 9.53 Å². The molecule has 2 aliphatic carbocycles. The van der Waals surface area contributed by atoms with Gasteiger partial charge in [-0.1, -0.05) is 12.2 Å². The minimum atomic E-state index is 0.161. The fraction of sp³-hybridized carbons (Fsp3) is 0.500. The Labute approximate surface area is 131 Å². The van der Waals surface area contributed by atoms with Crippen LogP contribution in [0.2, 0.25) is 0 Å². The second-order valence-corrected chi connectivity index (χ2v) is 6.52. The minimum absolute atomic E-state index is 0.161. The highest BCUT2D eigenvalue weighted by atomic mass is 16.5. The highest BCUT2D eigenvalue weighted by Crippen LogP contribution is 2.43. The van der Waals surface area contributed by atoms with Gasteiger partial charge >= 0.3 is 0 Å². The van der Waals surface area contributed by atoms with Crippen LogP contribution in [0.25, 0.3) is 0 Å². The van der Waals surface area contributed by atoms with Gasteiger partial charge in [-0.05, 0) is 48.9 Å². The largest absolute Gasteiger partial charge is 0.378 e. The van der Waals surface area contributed by atoms with E-state index in [-0.39, 0.29) is 11.8 Å². The number of amides is 1. The number of allylic oxidation sites excluding steroid dienone is 2. The maximum atomic E-state index is 12.4. The Morgan fingerprint density at radius 1 is 1.09 bits per heavy atom. The number of morpholine rings is 1. The third-order valence-corrected chi connectivity index (χ3v) is 5.13. The molecule has 2 bridgehead atoms. The normalized spacial score (nSPS) is 29.8. The Kier molecular flexibility index (Phi) is 3.62. The smallest absolute Gasteiger partial charge is 0.228 e. The second kappa shape index (κ2) is 5.76. The number of fused-ring (bicyclic) bond motifs is 2. The molecule has 1 N–H and O–H groups in total. The van der Waals surface area contributed by atoms with Crippen molar-refractivity contribution >= 4 is 17.3 Å². The SMILES string of the molecule is O=C(Nc1ccc(N2CCOCC2)cc1)[C@H]1C[C@H]2C=C[C@H]1C2. The summed E-state index contributed by atoms with van der Waals surface area (Å²) in [5.41, 5.74) is 2.10. The summed E-state index contributed by atoms with van der Waals surface area (Å²) >= 11 is 0. The lowest BCUT2D eigenvalue weighted by Gasteiger charge is -2.29. The first kappa shape index (κ1) is 13.8. The van der Waals surface area contributed by atoms with E-state index in [4.69, 9.17) is 4.74 Å². The number of nitrogens with zero attached hydrogens (tertiary/aromatic N) is 1. The third-order valence-electron chi connectivity index (χ3n) is 5.13. The van der Waals surface area contributed by atoms with Gasteiger partial charge < -0.3 is 15.0 Å². The van der Waals surface area contributed by atoms with Crippen LogP contribution in [0.5, 0.6) is 0 Å². The van der Waals surface area contributed by atoms with E-state index in [1.54, 1.807) is 0 Å². The van der Waals surface area contributed by atoms with Crippen LogP contribution in [0.15, 0.2) is 36.4 Å². The summed E-state index contributed by atoms with van der Waals surface area (Å²) in [5, 5.41) is 3.08. The number of hydrogen-bond donors (Lipinski definition) is 1. The lowest BCUT2D eigenvalue weighted by Crippen LogP contribution is -2.36. The van der Waals surface area contributed by atoms with E-state index in [0.29, 0.717) is 11.8 Å². The number of nitrogens with one attached hydrogen (secondary N) is 1. The predicted octanol–water partition coefficient (Wildman–Crippen LogP) is 2.67. The van der Waals surface area contributed by atoms with Gasteiger partial charge in [0.05, 0.1) is 13.2 Å². The van der Waals surface area contributed by atoms with E-state index in [2.05, 4.69) is 34.5 Å². The number of rotatable bonds is 3. The molecule has 1 aliphatic heterocycles. The minimum Gasteiger partial charge on any atom is -0.378 e. The zero-order valence-corrected chi connectivity index (χ0v) is 12.7. The molecule has 4 nitrogen and oxygen atoms in total. The number of ether oxygens (including phenoxy) is 1. The van der Waals surface area contributed by atoms with Crippen molar-refractivity contribution in [2.24, 2.45) is 17.8 Å². The molecular formula is C18H22N2O2. The molecule has 4 rings (SSSR count). The molecule has 4 heteroatoms. The first-order valence-electron chi connectivity index (χ1n) is 8.21. The first-order valence-corrected chi connectivity index (χ1v) is 8.21. The number of hydrogen-bond acceptors (Lipinski definition) is 3. The van der Waals surface area contributed by atoms with E-state index < -0.39 is 0 Å². The molecule has 1 heterocycles. The number of benzene rings is 1. The Balaban J connectivity index is 1.38. The standard InChI is InChI=1S/C18H22N2O2/c21-18(17-12-13-1-2-14(17)11-13)19-15-3-5-16(6-4-15)20-7-9-22-10-8-20/h1-6,13-14,17H,7-12H2,(H,19,21)/t13-,14-,17-/m0/s1. The zero-order valence-electron chi connectivity index (χ0n) is 12.7. The summed E-state index contributed by atoms with van der Waals surface area (Å²) in [6.45, 7) is 3.44. The zero-order chi connectivity index (χ0) is 14.9. The van der Waals surface area contributed by atoms with Crippen molar-refractivity contribution in [3.05, 3.63) is 36.4 Å². The van der Waals surface area contributed by atoms with Crippen LogP contribution in [-0.2, 0) is 9.53 Å². The fourth-order valence-electron chi connectivity index (χ4n) is 3.89. The molecule has 0 radical (unpaired) electrons. The summed E-state index contributed by atoms with van der Waals surface area (Å²) in [5.74, 6) is 1.42. The van der Waals surface area contributed by atoms with Crippen molar-refractivity contribution in [3.63, 3.8) is 0 Å². The predicted molar refractivity (Wildman–Crippen MR) is 86.9 cm³/mol. The summed E-state index contributed by atoms with van der Waals surface area (Å²) in [7, 11) is 0. The van der Waals surface area contributed by atoms with Crippen molar-refractivity contribution in [2.45, 2.75) is 12.8 Å². The van der Waals surface area contributed by atoms with Gasteiger partial charge in [0.15, 0.2) is 0 Å². The van der Waals surface area contributed by atoms with Crippen LogP contribution in [0.4, 0.5) is 11.4 Å². The molecule has 0 unspecified atom stereocenters. The van der Waals surface area contributed by atoms with Gasteiger partial charge in [0, 0.05) is 30.4 Å². The van der Waals surface area contributed by atoms with Gasteiger partial charge in [-0.3, -0.25) is 4.79 Å². The lowest BCUT2D eigenvalue weighted by atomic mass is 9.93. The summed E-state index contributed by atoms with van der Waals surface area (Å²) in [6.07, 6.45) is 6.67. The molecule has 1 amide bonds. The van der Waals surface area contributed by atoms with Gasteiger partial charge in [-0.2, -0.15) is 0 Å². The molecule has 22 heavy (non-hydrogen) atoms. The Hall–Kier alpha value is -1.81. The topological polar surface area (TPSA) is 41.6 Å². The van der Waals surface area contributed by atoms with E-state index in [9.17, 15) is 4.79 Å². The van der Waals surface area contributed by atoms with Crippen LogP contribution in [0.3, 0.4) is 0 Å². The highest BCUT2D eigenvalue weighted by molar-refractivity contribution is 5.93. The van der Waals surface area contributed by atoms with Gasteiger partial charge in [-0.15, -0.1) is 0 Å². The molecule has 1 aromatic rings. The quantitative estimate of drug-likeness (QED) is 0.872. The lowest BCUT2D eigenvalue weighted by molar-refractivity contribution is -0.120. The van der Waals surface area contributed by atoms with Crippen molar-refractivity contribution in [2.75, 3.05) is 36.5 Å². The number of carbonyl (C=O) groups is 1. The van der Waals surface area contributed by atoms with Gasteiger partial charge in [0.2, 0.25) is 5.91 Å². The van der Waals surface area contributed by atoms with Gasteiger partial charge in [0.25, 0.3) is 0 Å². The fourth-order valence-corrected chi connectivity index (χ4v) is 3.89. The van der Waals surface area contributed by atoms with Crippen molar-refractivity contribution in [3.8, 4) is 0 Å². The third kappa shape index (κ3) is 2.63. The van der Waals surface area contributed by atoms with Gasteiger partial charge in [0.1, 0.15) is 0 Å². The average Bonchev–Trinajstić information content (AvgIpc) is 3.19. The molecule has 3 aliphatic rings. The number of anilines is 2. The Bertz CT molecular complexity index is 575. The van der Waals surface area contributed by atoms with Crippen molar-refractivity contribution in [1.29, 1.82) is 0 Å². The maximum absolute atomic E-state index is 12.4. The van der Waals surface area contributed by atoms with Crippen molar-refractivity contribution in [1.82, 2.24) is 0 Å². The van der Waals surface area contributed by atoms with E-state index in [0.717, 1.165) is 44.8 Å². The summed E-state index contributed by atoms with van der Waals surface area (Å²) < 4.78 is 5.37. The second-order valence-electron chi connectivity index (χ2n) is 6.52. The van der Waals surface area contributed by atoms with Crippen LogP contribution in [0.1, 0.15) is 12.8 Å². The van der Waals surface area contributed by atoms with E-state index in [1.165, 1.54) is 5.69 Å². The monoisotopic (exact) mass is 298 g/mol. The highest BCUT2D eigenvalue weighted by Gasteiger charge is 2.39. The molecule has 1 saturated heterocycles. The maximum Gasteiger partial charge on any atom is 0.228 e. The molecule has 1 saturated carbocycles. The molecule has 0 spiro atoms. The van der Waals surface area contributed by atoms with Crippen LogP contribution in [0, 0.1) is 17.8 Å². The van der Waals surface area contributed by atoms with Gasteiger partial charge in [-0.25, -0.2) is 0 Å². The molecule has 0 aromatic heterocycles. The number of carbonyl (C=O) groups excluding carboxylic acids is 1. The van der Waals surface area contributed by atoms with Crippen LogP contribution >= 0.6 is 0 Å². The molecular weight excluding hydrogens is 276 g/mol. The Morgan fingerprint density at radius 3 is 2.50 bits per heavy atom. The van der Waals surface area contributed by atoms with E-state index in [1.807, 2.05) is 12.1 Å². The Morgan fingerprint density at radius 2 is 1.86 bits per heavy atom. The molecule has 2 fully saturated rings. The van der Waals surface area contributed by atoms with Crippen LogP contribution < -0.4 is 10.2 Å². The molecule has 1 aromatic carbocycles.